The number of anilines is 1. The molecule has 0 unspecified atom stereocenters. The molecule has 4 aromatic rings. The third-order valence-electron chi connectivity index (χ3n) is 5.01. The Kier molecular flexibility index (Phi) is 5.64. The van der Waals surface area contributed by atoms with Crippen LogP contribution in [0.2, 0.25) is 0 Å². The Balaban J connectivity index is 1.55. The van der Waals surface area contributed by atoms with Gasteiger partial charge in [0.05, 0.1) is 17.6 Å². The van der Waals surface area contributed by atoms with Gasteiger partial charge < -0.3 is 14.3 Å². The standard InChI is InChI=1S/C22H20N6O2S/c1-14-15(2)28(16-8-5-4-6-9-16)20(17(14)12-23)24-19(29)13-31-22-26-25-21(27(22)3)18-10-7-11-30-18/h4-11H,13H2,1-3H3,(H,24,29). The fourth-order valence-electron chi connectivity index (χ4n) is 3.32. The van der Waals surface area contributed by atoms with Crippen molar-refractivity contribution in [2.45, 2.75) is 19.0 Å². The summed E-state index contributed by atoms with van der Waals surface area (Å²) in [5.41, 5.74) is 3.08. The van der Waals surface area contributed by atoms with Gasteiger partial charge in [0.15, 0.2) is 16.7 Å². The number of hydrogen-bond acceptors (Lipinski definition) is 6. The van der Waals surface area contributed by atoms with E-state index in [1.54, 1.807) is 23.0 Å². The van der Waals surface area contributed by atoms with Crippen LogP contribution in [0.25, 0.3) is 17.3 Å². The molecule has 0 aliphatic rings. The highest BCUT2D eigenvalue weighted by Gasteiger charge is 2.21. The highest BCUT2D eigenvalue weighted by molar-refractivity contribution is 7.99. The van der Waals surface area contributed by atoms with E-state index in [4.69, 9.17) is 4.42 Å². The Morgan fingerprint density at radius 3 is 2.65 bits per heavy atom. The summed E-state index contributed by atoms with van der Waals surface area (Å²) in [5.74, 6) is 1.55. The lowest BCUT2D eigenvalue weighted by molar-refractivity contribution is -0.113. The predicted octanol–water partition coefficient (Wildman–Crippen LogP) is 4.09. The van der Waals surface area contributed by atoms with Crippen molar-refractivity contribution in [3.8, 4) is 23.3 Å². The molecule has 4 rings (SSSR count). The zero-order valence-electron chi connectivity index (χ0n) is 17.3. The second-order valence-corrected chi connectivity index (χ2v) is 7.84. The van der Waals surface area contributed by atoms with E-state index < -0.39 is 0 Å². The minimum Gasteiger partial charge on any atom is -0.461 e. The van der Waals surface area contributed by atoms with Crippen LogP contribution >= 0.6 is 11.8 Å². The number of nitriles is 1. The van der Waals surface area contributed by atoms with Crippen molar-refractivity contribution in [1.29, 1.82) is 5.26 Å². The molecule has 0 spiro atoms. The Morgan fingerprint density at radius 2 is 1.97 bits per heavy atom. The number of aromatic nitrogens is 4. The van der Waals surface area contributed by atoms with Crippen LogP contribution in [-0.2, 0) is 11.8 Å². The lowest BCUT2D eigenvalue weighted by Gasteiger charge is -2.13. The van der Waals surface area contributed by atoms with Gasteiger partial charge in [-0.15, -0.1) is 10.2 Å². The number of carbonyl (C=O) groups excluding carboxylic acids is 1. The molecule has 1 N–H and O–H groups in total. The quantitative estimate of drug-likeness (QED) is 0.461. The number of nitrogens with one attached hydrogen (secondary N) is 1. The summed E-state index contributed by atoms with van der Waals surface area (Å²) in [6, 6.07) is 15.4. The van der Waals surface area contributed by atoms with Gasteiger partial charge in [-0.2, -0.15) is 5.26 Å². The van der Waals surface area contributed by atoms with Gasteiger partial charge in [0.25, 0.3) is 0 Å². The first kappa shape index (κ1) is 20.5. The smallest absolute Gasteiger partial charge is 0.236 e. The maximum atomic E-state index is 12.8. The number of carbonyl (C=O) groups is 1. The highest BCUT2D eigenvalue weighted by Crippen LogP contribution is 2.30. The van der Waals surface area contributed by atoms with Crippen LogP contribution < -0.4 is 5.32 Å². The molecular formula is C22H20N6O2S. The number of benzene rings is 1. The van der Waals surface area contributed by atoms with E-state index in [1.165, 1.54) is 11.8 Å². The summed E-state index contributed by atoms with van der Waals surface area (Å²) in [6.45, 7) is 3.82. The molecule has 9 heteroatoms. The van der Waals surface area contributed by atoms with E-state index >= 15 is 0 Å². The molecule has 3 heterocycles. The monoisotopic (exact) mass is 432 g/mol. The second-order valence-electron chi connectivity index (χ2n) is 6.90. The average Bonchev–Trinajstić information content (AvgIpc) is 3.47. The summed E-state index contributed by atoms with van der Waals surface area (Å²) in [6.07, 6.45) is 1.57. The predicted molar refractivity (Wildman–Crippen MR) is 118 cm³/mol. The van der Waals surface area contributed by atoms with Crippen molar-refractivity contribution in [3.63, 3.8) is 0 Å². The molecule has 3 aromatic heterocycles. The fraction of sp³-hybridized carbons (Fsp3) is 0.182. The molecule has 0 saturated heterocycles. The number of rotatable bonds is 6. The normalized spacial score (nSPS) is 10.8. The van der Waals surface area contributed by atoms with Crippen molar-refractivity contribution in [2.75, 3.05) is 11.1 Å². The van der Waals surface area contributed by atoms with Crippen LogP contribution in [0.5, 0.6) is 0 Å². The number of hydrogen-bond donors (Lipinski definition) is 1. The molecule has 156 valence electrons. The molecule has 0 atom stereocenters. The van der Waals surface area contributed by atoms with Crippen LogP contribution in [0.1, 0.15) is 16.8 Å². The van der Waals surface area contributed by atoms with Gasteiger partial charge in [-0.1, -0.05) is 30.0 Å². The number of amides is 1. The van der Waals surface area contributed by atoms with Crippen LogP contribution in [0.3, 0.4) is 0 Å². The Bertz CT molecular complexity index is 1270. The summed E-state index contributed by atoms with van der Waals surface area (Å²) >= 11 is 1.26. The molecule has 0 aliphatic carbocycles. The summed E-state index contributed by atoms with van der Waals surface area (Å²) < 4.78 is 9.04. The van der Waals surface area contributed by atoms with E-state index in [2.05, 4.69) is 21.6 Å². The van der Waals surface area contributed by atoms with E-state index in [0.29, 0.717) is 28.1 Å². The molecule has 1 aromatic carbocycles. The van der Waals surface area contributed by atoms with Crippen LogP contribution in [0.15, 0.2) is 58.3 Å². The van der Waals surface area contributed by atoms with Crippen LogP contribution in [-0.4, -0.2) is 31.0 Å². The first-order valence-corrected chi connectivity index (χ1v) is 10.5. The first-order chi connectivity index (χ1) is 15.0. The number of nitrogens with zero attached hydrogens (tertiary/aromatic N) is 5. The lowest BCUT2D eigenvalue weighted by atomic mass is 10.2. The third-order valence-corrected chi connectivity index (χ3v) is 6.03. The van der Waals surface area contributed by atoms with Crippen molar-refractivity contribution < 1.29 is 9.21 Å². The highest BCUT2D eigenvalue weighted by atomic mass is 32.2. The van der Waals surface area contributed by atoms with Crippen molar-refractivity contribution in [2.24, 2.45) is 7.05 Å². The van der Waals surface area contributed by atoms with E-state index in [9.17, 15) is 10.1 Å². The maximum Gasteiger partial charge on any atom is 0.236 e. The van der Waals surface area contributed by atoms with Crippen molar-refractivity contribution >= 4 is 23.5 Å². The Hall–Kier alpha value is -3.77. The third kappa shape index (κ3) is 3.85. The molecular weight excluding hydrogens is 412 g/mol. The number of para-hydroxylation sites is 1. The summed E-state index contributed by atoms with van der Waals surface area (Å²) in [7, 11) is 1.82. The molecule has 0 bridgehead atoms. The van der Waals surface area contributed by atoms with Gasteiger partial charge in [-0.25, -0.2) is 0 Å². The van der Waals surface area contributed by atoms with E-state index in [1.807, 2.05) is 55.8 Å². The fourth-order valence-corrected chi connectivity index (χ4v) is 4.03. The molecule has 0 aliphatic heterocycles. The van der Waals surface area contributed by atoms with Gasteiger partial charge in [-0.05, 0) is 43.7 Å². The number of furan rings is 1. The minimum absolute atomic E-state index is 0.118. The van der Waals surface area contributed by atoms with Gasteiger partial charge in [0, 0.05) is 18.4 Å². The van der Waals surface area contributed by atoms with Crippen molar-refractivity contribution in [1.82, 2.24) is 19.3 Å². The number of thioether (sulfide) groups is 1. The Morgan fingerprint density at radius 1 is 1.19 bits per heavy atom. The zero-order valence-corrected chi connectivity index (χ0v) is 18.1. The van der Waals surface area contributed by atoms with Gasteiger partial charge in [-0.3, -0.25) is 9.36 Å². The summed E-state index contributed by atoms with van der Waals surface area (Å²) in [4.78, 5) is 12.8. The first-order valence-electron chi connectivity index (χ1n) is 9.54. The zero-order chi connectivity index (χ0) is 22.0. The van der Waals surface area contributed by atoms with Crippen LogP contribution in [0.4, 0.5) is 5.82 Å². The molecule has 31 heavy (non-hydrogen) atoms. The summed E-state index contributed by atoms with van der Waals surface area (Å²) in [5, 5.41) is 21.5. The minimum atomic E-state index is -0.237. The van der Waals surface area contributed by atoms with Crippen molar-refractivity contribution in [3.05, 3.63) is 65.5 Å². The molecule has 0 radical (unpaired) electrons. The maximum absolute atomic E-state index is 12.8. The second kappa shape index (κ2) is 8.53. The van der Waals surface area contributed by atoms with Gasteiger partial charge >= 0.3 is 0 Å². The average molecular weight is 433 g/mol. The van der Waals surface area contributed by atoms with Crippen LogP contribution in [0, 0.1) is 25.2 Å². The van der Waals surface area contributed by atoms with E-state index in [-0.39, 0.29) is 11.7 Å². The molecule has 8 nitrogen and oxygen atoms in total. The topological polar surface area (TPSA) is 102 Å². The molecule has 0 saturated carbocycles. The van der Waals surface area contributed by atoms with E-state index in [0.717, 1.165) is 16.9 Å². The SMILES string of the molecule is Cc1c(C#N)c(NC(=O)CSc2nnc(-c3ccco3)n2C)n(-c2ccccc2)c1C. The van der Waals surface area contributed by atoms with Gasteiger partial charge in [0.1, 0.15) is 11.9 Å². The molecule has 1 amide bonds. The molecule has 0 fully saturated rings. The Labute approximate surface area is 183 Å². The lowest BCUT2D eigenvalue weighted by Crippen LogP contribution is -2.18. The van der Waals surface area contributed by atoms with Gasteiger partial charge in [0.2, 0.25) is 5.91 Å². The largest absolute Gasteiger partial charge is 0.461 e.